The molecule has 0 spiro atoms. The molecule has 1 N–H and O–H groups in total. The maximum Gasteiger partial charge on any atom is 0.238 e. The van der Waals surface area contributed by atoms with E-state index >= 15 is 0 Å². The lowest BCUT2D eigenvalue weighted by Gasteiger charge is -2.18. The summed E-state index contributed by atoms with van der Waals surface area (Å²) in [5, 5.41) is 2.84. The van der Waals surface area contributed by atoms with E-state index in [4.69, 9.17) is 4.74 Å². The standard InChI is InChI=1S/C15H20N2O2/c1-4-10-17(11-5-2)12-15(18)16-13-6-8-14(19-3)9-7-13/h4-9H,1-2,10-12H2,3H3,(H,16,18). The molecule has 102 valence electrons. The molecule has 0 unspecified atom stereocenters. The van der Waals surface area contributed by atoms with Gasteiger partial charge in [-0.1, -0.05) is 12.2 Å². The third-order valence-electron chi connectivity index (χ3n) is 2.52. The summed E-state index contributed by atoms with van der Waals surface area (Å²) in [4.78, 5) is 13.8. The number of rotatable bonds is 8. The van der Waals surface area contributed by atoms with Crippen LogP contribution in [0.2, 0.25) is 0 Å². The highest BCUT2D eigenvalue weighted by Gasteiger charge is 2.08. The SMILES string of the molecule is C=CCN(CC=C)CC(=O)Nc1ccc(OC)cc1. The maximum atomic E-state index is 11.9. The average Bonchev–Trinajstić information content (AvgIpc) is 2.40. The van der Waals surface area contributed by atoms with Crippen LogP contribution in [0, 0.1) is 0 Å². The lowest BCUT2D eigenvalue weighted by atomic mass is 10.3. The minimum absolute atomic E-state index is 0.0612. The second kappa shape index (κ2) is 8.11. The molecule has 4 heteroatoms. The Labute approximate surface area is 114 Å². The van der Waals surface area contributed by atoms with Gasteiger partial charge in [-0.15, -0.1) is 13.2 Å². The smallest absolute Gasteiger partial charge is 0.238 e. The minimum atomic E-state index is -0.0612. The zero-order valence-electron chi connectivity index (χ0n) is 11.3. The van der Waals surface area contributed by atoms with Gasteiger partial charge in [0.25, 0.3) is 0 Å². The van der Waals surface area contributed by atoms with E-state index in [1.807, 2.05) is 17.0 Å². The van der Waals surface area contributed by atoms with Gasteiger partial charge < -0.3 is 10.1 Å². The number of ether oxygens (including phenoxy) is 1. The van der Waals surface area contributed by atoms with Gasteiger partial charge in [0.2, 0.25) is 5.91 Å². The molecule has 0 aliphatic carbocycles. The molecule has 4 nitrogen and oxygen atoms in total. The molecule has 0 radical (unpaired) electrons. The molecule has 0 aliphatic heterocycles. The number of anilines is 1. The van der Waals surface area contributed by atoms with Crippen LogP contribution in [0.4, 0.5) is 5.69 Å². The molecule has 1 aromatic rings. The van der Waals surface area contributed by atoms with Gasteiger partial charge in [0.05, 0.1) is 13.7 Å². The number of benzene rings is 1. The van der Waals surface area contributed by atoms with Gasteiger partial charge in [0.1, 0.15) is 5.75 Å². The summed E-state index contributed by atoms with van der Waals surface area (Å²) in [6.45, 7) is 8.96. The maximum absolute atomic E-state index is 11.9. The highest BCUT2D eigenvalue weighted by atomic mass is 16.5. The van der Waals surface area contributed by atoms with Crippen molar-refractivity contribution in [3.8, 4) is 5.75 Å². The molecule has 0 fully saturated rings. The predicted octanol–water partition coefficient (Wildman–Crippen LogP) is 2.31. The highest BCUT2D eigenvalue weighted by molar-refractivity contribution is 5.92. The van der Waals surface area contributed by atoms with Crippen LogP contribution < -0.4 is 10.1 Å². The first kappa shape index (κ1) is 15.0. The Morgan fingerprint density at radius 2 is 1.84 bits per heavy atom. The summed E-state index contributed by atoms with van der Waals surface area (Å²) in [5.41, 5.74) is 0.753. The molecule has 0 aliphatic rings. The van der Waals surface area contributed by atoms with Gasteiger partial charge in [0.15, 0.2) is 0 Å². The Bertz CT molecular complexity index is 416. The van der Waals surface area contributed by atoms with Gasteiger partial charge in [-0.3, -0.25) is 9.69 Å². The van der Waals surface area contributed by atoms with E-state index < -0.39 is 0 Å². The van der Waals surface area contributed by atoms with Gasteiger partial charge >= 0.3 is 0 Å². The lowest BCUT2D eigenvalue weighted by Crippen LogP contribution is -2.33. The topological polar surface area (TPSA) is 41.6 Å². The molecule has 1 aromatic carbocycles. The van der Waals surface area contributed by atoms with Crippen LogP contribution in [-0.2, 0) is 4.79 Å². The number of carbonyl (C=O) groups excluding carboxylic acids is 1. The molecular weight excluding hydrogens is 240 g/mol. The number of nitrogens with one attached hydrogen (secondary N) is 1. The lowest BCUT2D eigenvalue weighted by molar-refractivity contribution is -0.117. The molecule has 1 amide bonds. The molecule has 1 rings (SSSR count). The van der Waals surface area contributed by atoms with Crippen LogP contribution >= 0.6 is 0 Å². The first-order valence-corrected chi connectivity index (χ1v) is 6.07. The van der Waals surface area contributed by atoms with Crippen LogP contribution in [0.25, 0.3) is 0 Å². The second-order valence-corrected chi connectivity index (χ2v) is 4.05. The largest absolute Gasteiger partial charge is 0.497 e. The fourth-order valence-electron chi connectivity index (χ4n) is 1.65. The first-order valence-electron chi connectivity index (χ1n) is 6.07. The van der Waals surface area contributed by atoms with Crippen molar-refractivity contribution in [3.63, 3.8) is 0 Å². The molecule has 0 saturated heterocycles. The zero-order valence-corrected chi connectivity index (χ0v) is 11.3. The third kappa shape index (κ3) is 5.40. The number of hydrogen-bond acceptors (Lipinski definition) is 3. The summed E-state index contributed by atoms with van der Waals surface area (Å²) in [7, 11) is 1.61. The van der Waals surface area contributed by atoms with Crippen molar-refractivity contribution >= 4 is 11.6 Å². The number of amides is 1. The summed E-state index contributed by atoms with van der Waals surface area (Å²) in [6, 6.07) is 7.23. The van der Waals surface area contributed by atoms with Crippen LogP contribution in [0.3, 0.4) is 0 Å². The monoisotopic (exact) mass is 260 g/mol. The predicted molar refractivity (Wildman–Crippen MR) is 78.5 cm³/mol. The quantitative estimate of drug-likeness (QED) is 0.729. The summed E-state index contributed by atoms with van der Waals surface area (Å²) >= 11 is 0. The Morgan fingerprint density at radius 3 is 2.32 bits per heavy atom. The van der Waals surface area contributed by atoms with Crippen LogP contribution in [0.5, 0.6) is 5.75 Å². The minimum Gasteiger partial charge on any atom is -0.497 e. The first-order chi connectivity index (χ1) is 9.19. The van der Waals surface area contributed by atoms with Crippen molar-refractivity contribution in [2.24, 2.45) is 0 Å². The van der Waals surface area contributed by atoms with Gasteiger partial charge in [-0.05, 0) is 24.3 Å². The molecule has 0 heterocycles. The van der Waals surface area contributed by atoms with Crippen molar-refractivity contribution in [1.29, 1.82) is 0 Å². The molecule has 0 aromatic heterocycles. The van der Waals surface area contributed by atoms with Crippen molar-refractivity contribution in [3.05, 3.63) is 49.6 Å². The Balaban J connectivity index is 2.52. The van der Waals surface area contributed by atoms with E-state index in [2.05, 4.69) is 18.5 Å². The fraction of sp³-hybridized carbons (Fsp3) is 0.267. The van der Waals surface area contributed by atoms with Gasteiger partial charge in [-0.2, -0.15) is 0 Å². The van der Waals surface area contributed by atoms with E-state index in [9.17, 15) is 4.79 Å². The Kier molecular flexibility index (Phi) is 6.39. The van der Waals surface area contributed by atoms with Crippen LogP contribution in [0.15, 0.2) is 49.6 Å². The Morgan fingerprint density at radius 1 is 1.26 bits per heavy atom. The number of carbonyl (C=O) groups is 1. The zero-order chi connectivity index (χ0) is 14.1. The van der Waals surface area contributed by atoms with Gasteiger partial charge in [0, 0.05) is 18.8 Å². The second-order valence-electron chi connectivity index (χ2n) is 4.05. The van der Waals surface area contributed by atoms with Gasteiger partial charge in [-0.25, -0.2) is 0 Å². The van der Waals surface area contributed by atoms with Crippen molar-refractivity contribution in [2.45, 2.75) is 0 Å². The van der Waals surface area contributed by atoms with Crippen molar-refractivity contribution in [1.82, 2.24) is 4.90 Å². The van der Waals surface area contributed by atoms with Crippen LogP contribution in [-0.4, -0.2) is 37.6 Å². The third-order valence-corrected chi connectivity index (χ3v) is 2.52. The van der Waals surface area contributed by atoms with E-state index in [0.717, 1.165) is 11.4 Å². The Hall–Kier alpha value is -2.07. The van der Waals surface area contributed by atoms with Crippen molar-refractivity contribution in [2.75, 3.05) is 32.1 Å². The molecular formula is C15H20N2O2. The van der Waals surface area contributed by atoms with E-state index in [1.54, 1.807) is 31.4 Å². The van der Waals surface area contributed by atoms with E-state index in [0.29, 0.717) is 19.6 Å². The highest BCUT2D eigenvalue weighted by Crippen LogP contribution is 2.14. The number of hydrogen-bond donors (Lipinski definition) is 1. The molecule has 0 atom stereocenters. The normalized spacial score (nSPS) is 10.0. The summed E-state index contributed by atoms with van der Waals surface area (Å²) in [5.74, 6) is 0.701. The summed E-state index contributed by atoms with van der Waals surface area (Å²) < 4.78 is 5.06. The summed E-state index contributed by atoms with van der Waals surface area (Å²) in [6.07, 6.45) is 3.54. The van der Waals surface area contributed by atoms with E-state index in [1.165, 1.54) is 0 Å². The molecule has 0 bridgehead atoms. The number of nitrogens with zero attached hydrogens (tertiary/aromatic N) is 1. The van der Waals surface area contributed by atoms with Crippen LogP contribution in [0.1, 0.15) is 0 Å². The fourth-order valence-corrected chi connectivity index (χ4v) is 1.65. The molecule has 0 saturated carbocycles. The average molecular weight is 260 g/mol. The van der Waals surface area contributed by atoms with Crippen molar-refractivity contribution < 1.29 is 9.53 Å². The number of methoxy groups -OCH3 is 1. The van der Waals surface area contributed by atoms with E-state index in [-0.39, 0.29) is 5.91 Å². The molecule has 19 heavy (non-hydrogen) atoms.